The molecule has 1 N–H and O–H groups in total. The second-order valence-corrected chi connectivity index (χ2v) is 9.95. The molecule has 2 aromatic carbocycles. The van der Waals surface area contributed by atoms with Crippen LogP contribution in [-0.4, -0.2) is 23.4 Å². The fourth-order valence-electron chi connectivity index (χ4n) is 3.18. The summed E-state index contributed by atoms with van der Waals surface area (Å²) in [6.45, 7) is 1.87. The summed E-state index contributed by atoms with van der Waals surface area (Å²) in [6.07, 6.45) is 2.92. The van der Waals surface area contributed by atoms with Crippen molar-refractivity contribution in [3.8, 4) is 11.3 Å². The number of aromatic nitrogens is 3. The van der Waals surface area contributed by atoms with Gasteiger partial charge in [0, 0.05) is 18.0 Å². The molecule has 0 radical (unpaired) electrons. The maximum atomic E-state index is 12.7. The molecular formula is C23H18N6O3S2. The highest BCUT2D eigenvalue weighted by Gasteiger charge is 2.18. The van der Waals surface area contributed by atoms with Gasteiger partial charge in [-0.05, 0) is 49.4 Å². The van der Waals surface area contributed by atoms with Crippen LogP contribution >= 0.6 is 11.3 Å². The number of hydrogen-bond acceptors (Lipinski definition) is 9. The van der Waals surface area contributed by atoms with E-state index in [0.717, 1.165) is 10.2 Å². The van der Waals surface area contributed by atoms with Gasteiger partial charge in [0.2, 0.25) is 11.1 Å². The minimum absolute atomic E-state index is 0.000464. The first-order chi connectivity index (χ1) is 16.5. The van der Waals surface area contributed by atoms with Gasteiger partial charge in [0.1, 0.15) is 17.6 Å². The Morgan fingerprint density at radius 3 is 2.65 bits per heavy atom. The Hall–Kier alpha value is -3.96. The van der Waals surface area contributed by atoms with Crippen LogP contribution in [0.1, 0.15) is 18.7 Å². The average Bonchev–Trinajstić information content (AvgIpc) is 3.50. The van der Waals surface area contributed by atoms with Gasteiger partial charge >= 0.3 is 0 Å². The third-order valence-corrected chi connectivity index (χ3v) is 7.10. The zero-order valence-electron chi connectivity index (χ0n) is 17.9. The average molecular weight is 491 g/mol. The Morgan fingerprint density at radius 2 is 1.82 bits per heavy atom. The predicted octanol–water partition coefficient (Wildman–Crippen LogP) is 5.99. The molecule has 3 aromatic heterocycles. The normalized spacial score (nSPS) is 12.9. The highest BCUT2D eigenvalue weighted by molar-refractivity contribution is 7.92. The van der Waals surface area contributed by atoms with Crippen LogP contribution in [-0.2, 0) is 10.0 Å². The van der Waals surface area contributed by atoms with Crippen molar-refractivity contribution in [3.05, 3.63) is 84.9 Å². The number of fused-ring (bicyclic) bond motifs is 1. The van der Waals surface area contributed by atoms with Gasteiger partial charge in [-0.25, -0.2) is 28.1 Å². The van der Waals surface area contributed by atoms with Crippen LogP contribution in [0, 0.1) is 0 Å². The molecule has 34 heavy (non-hydrogen) atoms. The largest absolute Gasteiger partial charge is 0.459 e. The van der Waals surface area contributed by atoms with Crippen molar-refractivity contribution in [2.24, 2.45) is 10.2 Å². The monoisotopic (exact) mass is 490 g/mol. The first-order valence-corrected chi connectivity index (χ1v) is 12.5. The minimum Gasteiger partial charge on any atom is -0.459 e. The molecule has 0 amide bonds. The molecule has 5 aromatic rings. The molecule has 9 nitrogen and oxygen atoms in total. The number of sulfonamides is 1. The molecule has 0 aliphatic carbocycles. The number of nitrogens with zero attached hydrogens (tertiary/aromatic N) is 5. The van der Waals surface area contributed by atoms with E-state index < -0.39 is 10.0 Å². The number of nitrogens with one attached hydrogen (secondary N) is 1. The predicted molar refractivity (Wildman–Crippen MR) is 130 cm³/mol. The molecule has 3 heterocycles. The first-order valence-electron chi connectivity index (χ1n) is 10.2. The van der Waals surface area contributed by atoms with Gasteiger partial charge in [-0.15, -0.1) is 5.11 Å². The Bertz CT molecular complexity index is 1550. The van der Waals surface area contributed by atoms with Crippen molar-refractivity contribution >= 4 is 42.7 Å². The molecule has 1 unspecified atom stereocenters. The number of azo groups is 1. The van der Waals surface area contributed by atoms with E-state index in [0.29, 0.717) is 22.2 Å². The molecule has 0 aliphatic rings. The van der Waals surface area contributed by atoms with E-state index in [1.54, 1.807) is 30.3 Å². The summed E-state index contributed by atoms with van der Waals surface area (Å²) >= 11 is 1.47. The highest BCUT2D eigenvalue weighted by Crippen LogP contribution is 2.31. The van der Waals surface area contributed by atoms with E-state index in [-0.39, 0.29) is 16.9 Å². The SMILES string of the molecule is CC(N=Nc1nc2ccccc2s1)c1ccc(-c2cccc(S(=O)(=O)Nc3ncccn3)c2)o1. The lowest BCUT2D eigenvalue weighted by atomic mass is 10.2. The standard InChI is InChI=1S/C23H18N6O3S2/c1-15(27-28-23-26-18-8-2-3-9-21(18)33-23)19-10-11-20(32-19)16-6-4-7-17(14-16)34(30,31)29-22-24-12-5-13-25-22/h2-15H,1H3,(H,24,25,29). The van der Waals surface area contributed by atoms with Gasteiger partial charge in [-0.2, -0.15) is 5.11 Å². The topological polar surface area (TPSA) is 123 Å². The fourth-order valence-corrected chi connectivity index (χ4v) is 4.97. The van der Waals surface area contributed by atoms with Crippen LogP contribution in [0.15, 0.2) is 98.7 Å². The summed E-state index contributed by atoms with van der Waals surface area (Å²) in [5.74, 6) is 1.12. The molecular weight excluding hydrogens is 472 g/mol. The molecule has 0 aliphatic heterocycles. The van der Waals surface area contributed by atoms with E-state index in [4.69, 9.17) is 4.42 Å². The third-order valence-electron chi connectivity index (χ3n) is 4.86. The summed E-state index contributed by atoms with van der Waals surface area (Å²) in [7, 11) is -3.86. The second kappa shape index (κ2) is 9.12. The van der Waals surface area contributed by atoms with Gasteiger partial charge in [0.05, 0.1) is 15.1 Å². The summed E-state index contributed by atoms with van der Waals surface area (Å²) < 4.78 is 34.8. The number of para-hydroxylation sites is 1. The van der Waals surface area contributed by atoms with Crippen LogP contribution in [0.25, 0.3) is 21.5 Å². The van der Waals surface area contributed by atoms with Crippen LogP contribution in [0.2, 0.25) is 0 Å². The quantitative estimate of drug-likeness (QED) is 0.279. The van der Waals surface area contributed by atoms with Crippen molar-refractivity contribution in [2.75, 3.05) is 4.72 Å². The summed E-state index contributed by atoms with van der Waals surface area (Å²) in [5, 5.41) is 9.17. The van der Waals surface area contributed by atoms with Crippen molar-refractivity contribution in [1.29, 1.82) is 0 Å². The summed E-state index contributed by atoms with van der Waals surface area (Å²) in [4.78, 5) is 12.3. The van der Waals surface area contributed by atoms with Crippen molar-refractivity contribution in [1.82, 2.24) is 15.0 Å². The molecule has 0 spiro atoms. The Kier molecular flexibility index (Phi) is 5.86. The van der Waals surface area contributed by atoms with Gasteiger partial charge in [0.15, 0.2) is 0 Å². The number of benzene rings is 2. The van der Waals surface area contributed by atoms with Gasteiger partial charge in [-0.1, -0.05) is 35.6 Å². The van der Waals surface area contributed by atoms with E-state index in [2.05, 4.69) is 29.9 Å². The third kappa shape index (κ3) is 4.70. The molecule has 1 atom stereocenters. The minimum atomic E-state index is -3.86. The smallest absolute Gasteiger partial charge is 0.264 e. The molecule has 0 fully saturated rings. The lowest BCUT2D eigenvalue weighted by Gasteiger charge is -2.07. The lowest BCUT2D eigenvalue weighted by Crippen LogP contribution is -2.14. The Morgan fingerprint density at radius 1 is 1.00 bits per heavy atom. The van der Waals surface area contributed by atoms with Gasteiger partial charge < -0.3 is 4.42 Å². The molecule has 0 bridgehead atoms. The van der Waals surface area contributed by atoms with Gasteiger partial charge in [-0.3, -0.25) is 0 Å². The fraction of sp³-hybridized carbons (Fsp3) is 0.0870. The Balaban J connectivity index is 1.34. The molecule has 11 heteroatoms. The Labute approximate surface area is 199 Å². The number of furan rings is 1. The van der Waals surface area contributed by atoms with E-state index in [1.807, 2.05) is 31.2 Å². The van der Waals surface area contributed by atoms with Crippen LogP contribution in [0.4, 0.5) is 11.1 Å². The van der Waals surface area contributed by atoms with E-state index in [9.17, 15) is 8.42 Å². The summed E-state index contributed by atoms with van der Waals surface area (Å²) in [6, 6.07) is 19.1. The van der Waals surface area contributed by atoms with Crippen molar-refractivity contribution in [3.63, 3.8) is 0 Å². The number of thiazole rings is 1. The van der Waals surface area contributed by atoms with Crippen LogP contribution < -0.4 is 4.72 Å². The maximum Gasteiger partial charge on any atom is 0.264 e. The summed E-state index contributed by atoms with van der Waals surface area (Å²) in [5.41, 5.74) is 1.50. The lowest BCUT2D eigenvalue weighted by molar-refractivity contribution is 0.485. The van der Waals surface area contributed by atoms with E-state index >= 15 is 0 Å². The maximum absolute atomic E-state index is 12.7. The van der Waals surface area contributed by atoms with E-state index in [1.165, 1.54) is 35.9 Å². The number of anilines is 1. The van der Waals surface area contributed by atoms with Crippen LogP contribution in [0.3, 0.4) is 0 Å². The van der Waals surface area contributed by atoms with Crippen molar-refractivity contribution in [2.45, 2.75) is 17.9 Å². The van der Waals surface area contributed by atoms with Gasteiger partial charge in [0.25, 0.3) is 10.0 Å². The first kappa shape index (κ1) is 21.9. The number of hydrogen-bond donors (Lipinski definition) is 1. The zero-order chi connectivity index (χ0) is 23.5. The molecule has 0 saturated heterocycles. The molecule has 5 rings (SSSR count). The molecule has 0 saturated carbocycles. The van der Waals surface area contributed by atoms with Crippen molar-refractivity contribution < 1.29 is 12.8 Å². The molecule has 170 valence electrons. The highest BCUT2D eigenvalue weighted by atomic mass is 32.2. The van der Waals surface area contributed by atoms with Crippen LogP contribution in [0.5, 0.6) is 0 Å². The zero-order valence-corrected chi connectivity index (χ0v) is 19.5. The number of rotatable bonds is 7. The second-order valence-electron chi connectivity index (χ2n) is 7.26.